The van der Waals surface area contributed by atoms with E-state index in [0.29, 0.717) is 18.5 Å². The Morgan fingerprint density at radius 1 is 0.561 bits per heavy atom. The van der Waals surface area contributed by atoms with Crippen LogP contribution in [0.5, 0.6) is 11.5 Å². The zero-order chi connectivity index (χ0) is 39.4. The van der Waals surface area contributed by atoms with E-state index >= 15 is 0 Å². The highest BCUT2D eigenvalue weighted by Crippen LogP contribution is 2.49. The average Bonchev–Trinajstić information content (AvgIpc) is 3.76. The summed E-state index contributed by atoms with van der Waals surface area (Å²) in [7, 11) is 0. The van der Waals surface area contributed by atoms with Crippen LogP contribution in [0.15, 0.2) is 152 Å². The normalized spacial score (nSPS) is 13.0. The molecule has 0 aliphatic carbocycles. The van der Waals surface area contributed by atoms with E-state index in [0.717, 1.165) is 34.0 Å². The molecule has 0 fully saturated rings. The van der Waals surface area contributed by atoms with E-state index in [1.165, 1.54) is 55.7 Å². The van der Waals surface area contributed by atoms with Crippen LogP contribution < -0.4 is 14.5 Å². The lowest BCUT2D eigenvalue weighted by Crippen LogP contribution is -2.26. The fourth-order valence-electron chi connectivity index (χ4n) is 8.41. The molecule has 1 aliphatic heterocycles. The van der Waals surface area contributed by atoms with Crippen LogP contribution in [0.4, 0.5) is 22.7 Å². The summed E-state index contributed by atoms with van der Waals surface area (Å²) in [6, 6.07) is 52.2. The van der Waals surface area contributed by atoms with Crippen LogP contribution in [0.2, 0.25) is 0 Å². The van der Waals surface area contributed by atoms with Crippen LogP contribution in [0.3, 0.4) is 0 Å². The zero-order valence-corrected chi connectivity index (χ0v) is 34.0. The summed E-state index contributed by atoms with van der Waals surface area (Å²) >= 11 is 0. The van der Waals surface area contributed by atoms with Crippen molar-refractivity contribution < 1.29 is 4.74 Å². The fourth-order valence-corrected chi connectivity index (χ4v) is 8.41. The van der Waals surface area contributed by atoms with Crippen molar-refractivity contribution in [3.05, 3.63) is 168 Å². The molecule has 57 heavy (non-hydrogen) atoms. The summed E-state index contributed by atoms with van der Waals surface area (Å²) in [6.45, 7) is 16.7. The standard InChI is InChI=1S/C52H50N4O/c1-34(2)44-28-37(36-16-9-8-10-17-36)29-45(35(3)4)51(44)55-33-54(47-22-13-14-23-48(47)55)39-18-15-19-40(31-39)57-41-24-25-43-42-20-11-12-21-46(42)56(49(43)32-41)50-30-38(26-27-53-50)52(5,6)7/h8-32,34-35H,33H2,1-7H3. The SMILES string of the molecule is CC(C)c1cc(-c2ccccc2)cc(C(C)C)c1N1CN(c2cccc(Oc3ccc4c5ccccc5n(-c5cc(C(C)(C)C)ccn5)c4c3)c2)c2ccccc21. The first-order valence-corrected chi connectivity index (χ1v) is 20.2. The molecule has 0 saturated heterocycles. The lowest BCUT2D eigenvalue weighted by Gasteiger charge is -2.30. The number of fused-ring (bicyclic) bond motifs is 4. The third kappa shape index (κ3) is 6.61. The summed E-state index contributed by atoms with van der Waals surface area (Å²) in [5.74, 6) is 3.15. The van der Waals surface area contributed by atoms with Gasteiger partial charge in [0.2, 0.25) is 0 Å². The van der Waals surface area contributed by atoms with E-state index in [2.05, 4.69) is 202 Å². The molecular weight excluding hydrogens is 697 g/mol. The zero-order valence-electron chi connectivity index (χ0n) is 34.0. The summed E-state index contributed by atoms with van der Waals surface area (Å²) in [5.41, 5.74) is 13.5. The predicted octanol–water partition coefficient (Wildman–Crippen LogP) is 14.4. The Labute approximate surface area is 336 Å². The van der Waals surface area contributed by atoms with Crippen LogP contribution in [-0.2, 0) is 5.41 Å². The molecule has 284 valence electrons. The van der Waals surface area contributed by atoms with Gasteiger partial charge < -0.3 is 14.5 Å². The number of hydrogen-bond acceptors (Lipinski definition) is 4. The molecule has 5 heteroatoms. The lowest BCUT2D eigenvalue weighted by molar-refractivity contribution is 0.483. The Balaban J connectivity index is 1.09. The van der Waals surface area contributed by atoms with Crippen LogP contribution >= 0.6 is 0 Å². The van der Waals surface area contributed by atoms with Gasteiger partial charge in [-0.25, -0.2) is 4.98 Å². The van der Waals surface area contributed by atoms with Gasteiger partial charge >= 0.3 is 0 Å². The third-order valence-electron chi connectivity index (χ3n) is 11.4. The Morgan fingerprint density at radius 3 is 1.93 bits per heavy atom. The highest BCUT2D eigenvalue weighted by atomic mass is 16.5. The van der Waals surface area contributed by atoms with Gasteiger partial charge in [-0.15, -0.1) is 0 Å². The van der Waals surface area contributed by atoms with Gasteiger partial charge in [-0.2, -0.15) is 0 Å². The summed E-state index contributed by atoms with van der Waals surface area (Å²) < 4.78 is 9.00. The van der Waals surface area contributed by atoms with Gasteiger partial charge in [-0.1, -0.05) is 115 Å². The largest absolute Gasteiger partial charge is 0.457 e. The van der Waals surface area contributed by atoms with Crippen LogP contribution in [0, 0.1) is 0 Å². The maximum absolute atomic E-state index is 6.73. The molecule has 0 bridgehead atoms. The van der Waals surface area contributed by atoms with Gasteiger partial charge in [-0.3, -0.25) is 4.57 Å². The molecule has 1 aliphatic rings. The van der Waals surface area contributed by atoms with Crippen molar-refractivity contribution in [1.82, 2.24) is 9.55 Å². The fraction of sp³-hybridized carbons (Fsp3) is 0.212. The molecule has 9 rings (SSSR count). The highest BCUT2D eigenvalue weighted by molar-refractivity contribution is 6.09. The Bertz CT molecular complexity index is 2730. The number of anilines is 4. The first kappa shape index (κ1) is 36.3. The molecule has 2 aromatic heterocycles. The molecule has 0 amide bonds. The first-order chi connectivity index (χ1) is 27.5. The van der Waals surface area contributed by atoms with Crippen molar-refractivity contribution in [3.8, 4) is 28.4 Å². The number of nitrogens with zero attached hydrogens (tertiary/aromatic N) is 4. The maximum atomic E-state index is 6.73. The van der Waals surface area contributed by atoms with Crippen molar-refractivity contribution in [2.24, 2.45) is 0 Å². The highest BCUT2D eigenvalue weighted by Gasteiger charge is 2.32. The van der Waals surface area contributed by atoms with Crippen LogP contribution in [-0.4, -0.2) is 16.2 Å². The molecule has 8 aromatic rings. The predicted molar refractivity (Wildman–Crippen MR) is 239 cm³/mol. The van der Waals surface area contributed by atoms with Crippen molar-refractivity contribution in [2.75, 3.05) is 16.5 Å². The average molecular weight is 747 g/mol. The first-order valence-electron chi connectivity index (χ1n) is 20.2. The number of ether oxygens (including phenoxy) is 1. The van der Waals surface area contributed by atoms with Gasteiger partial charge in [0.05, 0.1) is 22.4 Å². The number of benzene rings is 6. The topological polar surface area (TPSA) is 33.5 Å². The molecule has 0 atom stereocenters. The van der Waals surface area contributed by atoms with Crippen LogP contribution in [0.25, 0.3) is 38.8 Å². The van der Waals surface area contributed by atoms with E-state index < -0.39 is 0 Å². The van der Waals surface area contributed by atoms with E-state index in [4.69, 9.17) is 9.72 Å². The molecular formula is C52H50N4O. The summed E-state index contributed by atoms with van der Waals surface area (Å²) in [4.78, 5) is 9.81. The van der Waals surface area contributed by atoms with E-state index in [1.54, 1.807) is 0 Å². The van der Waals surface area contributed by atoms with Gasteiger partial charge in [0, 0.05) is 40.5 Å². The Hall–Kier alpha value is -6.33. The minimum Gasteiger partial charge on any atom is -0.457 e. The summed E-state index contributed by atoms with van der Waals surface area (Å²) in [6.07, 6.45) is 1.92. The number of pyridine rings is 1. The molecule has 0 saturated carbocycles. The molecule has 0 N–H and O–H groups in total. The minimum atomic E-state index is 0.00302. The number of aromatic nitrogens is 2. The van der Waals surface area contributed by atoms with Crippen molar-refractivity contribution in [3.63, 3.8) is 0 Å². The lowest BCUT2D eigenvalue weighted by atomic mass is 9.87. The van der Waals surface area contributed by atoms with Crippen molar-refractivity contribution >= 4 is 44.6 Å². The smallest absolute Gasteiger partial charge is 0.137 e. The third-order valence-corrected chi connectivity index (χ3v) is 11.4. The monoisotopic (exact) mass is 746 g/mol. The van der Waals surface area contributed by atoms with E-state index in [9.17, 15) is 0 Å². The minimum absolute atomic E-state index is 0.00302. The molecule has 0 radical (unpaired) electrons. The van der Waals surface area contributed by atoms with Crippen molar-refractivity contribution in [1.29, 1.82) is 0 Å². The molecule has 0 spiro atoms. The molecule has 3 heterocycles. The number of hydrogen-bond donors (Lipinski definition) is 0. The van der Waals surface area contributed by atoms with Gasteiger partial charge in [0.25, 0.3) is 0 Å². The maximum Gasteiger partial charge on any atom is 0.137 e. The number of rotatable bonds is 8. The van der Waals surface area contributed by atoms with Crippen molar-refractivity contribution in [2.45, 2.75) is 65.7 Å². The Kier molecular flexibility index (Phi) is 9.12. The second-order valence-corrected chi connectivity index (χ2v) is 16.9. The molecule has 6 aromatic carbocycles. The second-order valence-electron chi connectivity index (χ2n) is 16.9. The van der Waals surface area contributed by atoms with Gasteiger partial charge in [0.1, 0.15) is 24.0 Å². The van der Waals surface area contributed by atoms with Crippen LogP contribution in [0.1, 0.15) is 77.0 Å². The van der Waals surface area contributed by atoms with Gasteiger partial charge in [0.15, 0.2) is 0 Å². The summed E-state index contributed by atoms with van der Waals surface area (Å²) in [5, 5.41) is 2.36. The Morgan fingerprint density at radius 2 is 1.21 bits per heavy atom. The second kappa shape index (κ2) is 14.3. The molecule has 5 nitrogen and oxygen atoms in total. The van der Waals surface area contributed by atoms with E-state index in [1.807, 2.05) is 12.3 Å². The quantitative estimate of drug-likeness (QED) is 0.155. The number of para-hydroxylation sites is 3. The van der Waals surface area contributed by atoms with Gasteiger partial charge in [-0.05, 0) is 112 Å². The molecule has 0 unspecified atom stereocenters. The van der Waals surface area contributed by atoms with E-state index in [-0.39, 0.29) is 5.41 Å².